The fraction of sp³-hybridized carbons (Fsp3) is 0.471. The van der Waals surface area contributed by atoms with E-state index in [4.69, 9.17) is 0 Å². The van der Waals surface area contributed by atoms with E-state index in [0.29, 0.717) is 19.4 Å². The van der Waals surface area contributed by atoms with Crippen molar-refractivity contribution in [2.24, 2.45) is 28.6 Å². The van der Waals surface area contributed by atoms with Crippen molar-refractivity contribution in [3.05, 3.63) is 89.0 Å². The molecule has 7 atom stereocenters. The number of halogens is 1. The van der Waals surface area contributed by atoms with Gasteiger partial charge in [0.15, 0.2) is 0 Å². The molecule has 3 N–H and O–H groups in total. The smallest absolute Gasteiger partial charge is 0.252 e. The number of aliphatic hydroxyl groups excluding tert-OH is 1. The molecule has 3 aromatic rings. The van der Waals surface area contributed by atoms with E-state index in [1.54, 1.807) is 12.1 Å². The summed E-state index contributed by atoms with van der Waals surface area (Å²) in [5.74, 6) is -0.182. The molecule has 3 saturated carbocycles. The molecule has 1 aromatic heterocycles. The summed E-state index contributed by atoms with van der Waals surface area (Å²) in [6.45, 7) is 4.69. The fourth-order valence-electron chi connectivity index (χ4n) is 9.27. The van der Waals surface area contributed by atoms with Crippen molar-refractivity contribution < 1.29 is 19.4 Å². The molecule has 1 heterocycles. The van der Waals surface area contributed by atoms with Gasteiger partial charge in [0.1, 0.15) is 11.4 Å². The first-order chi connectivity index (χ1) is 19.6. The standard InChI is InChI=1S/C34H38FN3O3/c1-32-17-22-20-37-38(25-11-9-24(35)10-12-25)28(22)16-23(32)8-13-26-27-14-15-34(41,33(27,2)18-29(39)30(26)32)31(40)36-19-21-6-4-3-5-7-21/h3-7,9-12,16,20,26-27,29-30,39,41H,8,13-15,17-19H2,1-2H3,(H,36,40)/t26?,27?,29?,30?,32?,33?,34-/m0/s1. The number of allylic oxidation sites excluding steroid dienone is 1. The number of carbonyl (C=O) groups is 1. The molecule has 0 spiro atoms. The van der Waals surface area contributed by atoms with Crippen LogP contribution >= 0.6 is 0 Å². The van der Waals surface area contributed by atoms with E-state index >= 15 is 0 Å². The Morgan fingerprint density at radius 1 is 1.12 bits per heavy atom. The summed E-state index contributed by atoms with van der Waals surface area (Å²) < 4.78 is 15.4. The van der Waals surface area contributed by atoms with Crippen LogP contribution in [0.5, 0.6) is 0 Å². The lowest BCUT2D eigenvalue weighted by molar-refractivity contribution is -0.181. The van der Waals surface area contributed by atoms with Crippen molar-refractivity contribution in [2.75, 3.05) is 0 Å². The number of nitrogens with zero attached hydrogens (tertiary/aromatic N) is 2. The molecule has 214 valence electrons. The summed E-state index contributed by atoms with van der Waals surface area (Å²) in [6, 6.07) is 16.1. The predicted octanol–water partition coefficient (Wildman–Crippen LogP) is 5.21. The third-order valence-electron chi connectivity index (χ3n) is 11.3. The lowest BCUT2D eigenvalue weighted by Gasteiger charge is -2.60. The topological polar surface area (TPSA) is 87.4 Å². The second-order valence-electron chi connectivity index (χ2n) is 13.3. The number of hydrogen-bond donors (Lipinski definition) is 3. The molecule has 7 heteroatoms. The molecule has 3 fully saturated rings. The van der Waals surface area contributed by atoms with Gasteiger partial charge in [0.05, 0.1) is 23.7 Å². The number of benzene rings is 2. The molecule has 4 aliphatic carbocycles. The van der Waals surface area contributed by atoms with Gasteiger partial charge in [-0.3, -0.25) is 4.79 Å². The lowest BCUT2D eigenvalue weighted by Crippen LogP contribution is -2.63. The Labute approximate surface area is 240 Å². The van der Waals surface area contributed by atoms with Crippen LogP contribution in [-0.4, -0.2) is 37.6 Å². The monoisotopic (exact) mass is 555 g/mol. The Morgan fingerprint density at radius 3 is 2.63 bits per heavy atom. The Balaban J connectivity index is 1.16. The van der Waals surface area contributed by atoms with Crippen molar-refractivity contribution in [1.82, 2.24) is 15.1 Å². The first-order valence-corrected chi connectivity index (χ1v) is 14.9. The minimum Gasteiger partial charge on any atom is -0.393 e. The van der Waals surface area contributed by atoms with Gasteiger partial charge >= 0.3 is 0 Å². The summed E-state index contributed by atoms with van der Waals surface area (Å²) >= 11 is 0. The maximum atomic E-state index is 13.6. The van der Waals surface area contributed by atoms with Gasteiger partial charge in [-0.25, -0.2) is 9.07 Å². The molecule has 0 saturated heterocycles. The Kier molecular flexibility index (Phi) is 6.07. The molecule has 6 unspecified atom stereocenters. The fourth-order valence-corrected chi connectivity index (χ4v) is 9.27. The van der Waals surface area contributed by atoms with Crippen LogP contribution in [0, 0.1) is 34.4 Å². The Bertz CT molecular complexity index is 1520. The summed E-state index contributed by atoms with van der Waals surface area (Å²) in [4.78, 5) is 13.6. The first-order valence-electron chi connectivity index (χ1n) is 14.9. The quantitative estimate of drug-likeness (QED) is 0.413. The van der Waals surface area contributed by atoms with Crippen molar-refractivity contribution >= 4 is 12.0 Å². The summed E-state index contributed by atoms with van der Waals surface area (Å²) in [6.07, 6.45) is 7.72. The van der Waals surface area contributed by atoms with Gasteiger partial charge in [0.25, 0.3) is 5.91 Å². The van der Waals surface area contributed by atoms with Gasteiger partial charge in [-0.2, -0.15) is 5.10 Å². The second kappa shape index (κ2) is 9.36. The number of amides is 1. The number of nitrogens with one attached hydrogen (secondary N) is 1. The van der Waals surface area contributed by atoms with Crippen molar-refractivity contribution in [3.8, 4) is 5.69 Å². The van der Waals surface area contributed by atoms with E-state index < -0.39 is 17.1 Å². The van der Waals surface area contributed by atoms with Crippen LogP contribution in [0.1, 0.15) is 62.8 Å². The highest BCUT2D eigenvalue weighted by Crippen LogP contribution is 2.67. The predicted molar refractivity (Wildman–Crippen MR) is 154 cm³/mol. The van der Waals surface area contributed by atoms with Gasteiger partial charge in [0.2, 0.25) is 0 Å². The normalized spacial score (nSPS) is 35.5. The molecule has 2 aromatic carbocycles. The van der Waals surface area contributed by atoms with Crippen molar-refractivity contribution in [3.63, 3.8) is 0 Å². The third kappa shape index (κ3) is 3.88. The highest BCUT2D eigenvalue weighted by Gasteiger charge is 2.68. The number of fused-ring (bicyclic) bond motifs is 6. The second-order valence-corrected chi connectivity index (χ2v) is 13.3. The lowest BCUT2D eigenvalue weighted by atomic mass is 9.45. The van der Waals surface area contributed by atoms with E-state index in [-0.39, 0.29) is 34.9 Å². The largest absolute Gasteiger partial charge is 0.393 e. The van der Waals surface area contributed by atoms with E-state index in [9.17, 15) is 19.4 Å². The number of aromatic nitrogens is 2. The maximum Gasteiger partial charge on any atom is 0.252 e. The number of rotatable bonds is 4. The molecular weight excluding hydrogens is 517 g/mol. The molecule has 41 heavy (non-hydrogen) atoms. The number of hydrogen-bond acceptors (Lipinski definition) is 4. The molecule has 6 nitrogen and oxygen atoms in total. The van der Waals surface area contributed by atoms with Gasteiger partial charge in [-0.1, -0.05) is 49.8 Å². The minimum atomic E-state index is -1.51. The SMILES string of the molecule is CC12Cc3cnn(-c4ccc(F)cc4)c3C=C1CCC1C2C(O)CC2(C)C1CC[C@]2(O)C(=O)NCc1ccccc1. The zero-order valence-electron chi connectivity index (χ0n) is 23.7. The van der Waals surface area contributed by atoms with Crippen LogP contribution in [0.2, 0.25) is 0 Å². The van der Waals surface area contributed by atoms with Crippen LogP contribution in [0.25, 0.3) is 11.8 Å². The summed E-state index contributed by atoms with van der Waals surface area (Å²) in [5.41, 5.74) is 2.87. The zero-order chi connectivity index (χ0) is 28.6. The molecule has 0 radical (unpaired) electrons. The molecule has 1 amide bonds. The van der Waals surface area contributed by atoms with Crippen molar-refractivity contribution in [2.45, 2.75) is 70.6 Å². The molecule has 7 rings (SSSR count). The number of aliphatic hydroxyl groups is 2. The van der Waals surface area contributed by atoms with E-state index in [1.807, 2.05) is 48.1 Å². The van der Waals surface area contributed by atoms with Crippen LogP contribution in [0.15, 0.2) is 66.4 Å². The summed E-state index contributed by atoms with van der Waals surface area (Å²) in [7, 11) is 0. The average molecular weight is 556 g/mol. The van der Waals surface area contributed by atoms with E-state index in [0.717, 1.165) is 48.2 Å². The number of carbonyl (C=O) groups excluding carboxylic acids is 1. The molecule has 4 aliphatic rings. The average Bonchev–Trinajstić information content (AvgIpc) is 3.48. The van der Waals surface area contributed by atoms with Gasteiger partial charge in [-0.05, 0) is 103 Å². The third-order valence-corrected chi connectivity index (χ3v) is 11.3. The Morgan fingerprint density at radius 2 is 1.88 bits per heavy atom. The molecular formula is C34H38FN3O3. The minimum absolute atomic E-state index is 0.0395. The van der Waals surface area contributed by atoms with Crippen LogP contribution in [0.4, 0.5) is 4.39 Å². The van der Waals surface area contributed by atoms with Crippen LogP contribution < -0.4 is 5.32 Å². The highest BCUT2D eigenvalue weighted by molar-refractivity contribution is 5.86. The van der Waals surface area contributed by atoms with Gasteiger partial charge in [-0.15, -0.1) is 0 Å². The molecule has 0 bridgehead atoms. The van der Waals surface area contributed by atoms with Crippen LogP contribution in [0.3, 0.4) is 0 Å². The maximum absolute atomic E-state index is 13.6. The van der Waals surface area contributed by atoms with E-state index in [2.05, 4.69) is 23.4 Å². The van der Waals surface area contributed by atoms with Gasteiger partial charge in [0, 0.05) is 12.0 Å². The zero-order valence-corrected chi connectivity index (χ0v) is 23.7. The summed E-state index contributed by atoms with van der Waals surface area (Å²) in [5, 5.41) is 31.5. The van der Waals surface area contributed by atoms with E-state index in [1.165, 1.54) is 17.7 Å². The van der Waals surface area contributed by atoms with Crippen LogP contribution in [-0.2, 0) is 17.8 Å². The van der Waals surface area contributed by atoms with Gasteiger partial charge < -0.3 is 15.5 Å². The van der Waals surface area contributed by atoms with Crippen molar-refractivity contribution in [1.29, 1.82) is 0 Å². The first kappa shape index (κ1) is 26.6. The Hall–Kier alpha value is -3.29. The highest BCUT2D eigenvalue weighted by atomic mass is 19.1. The molecule has 0 aliphatic heterocycles.